The van der Waals surface area contributed by atoms with Crippen molar-refractivity contribution >= 4 is 11.7 Å². The van der Waals surface area contributed by atoms with Gasteiger partial charge in [-0.25, -0.2) is 0 Å². The molecule has 1 aromatic heterocycles. The molecule has 3 N–H and O–H groups in total. The molecule has 7 heteroatoms. The van der Waals surface area contributed by atoms with Crippen molar-refractivity contribution < 1.29 is 24.3 Å². The van der Waals surface area contributed by atoms with E-state index in [9.17, 15) is 15.0 Å². The first-order valence-electron chi connectivity index (χ1n) is 10.7. The van der Waals surface area contributed by atoms with E-state index in [4.69, 9.17) is 9.26 Å². The molecule has 0 fully saturated rings. The minimum atomic E-state index is -0.384. The molecule has 0 radical (unpaired) electrons. The average molecular weight is 432 g/mol. The standard InChI is InChI=1S/C25H24N2O5/c1-3-31-21-12-14(8-9-19(21)29)23-22-13(2)27-32-25(22)26-17-10-15(11-20(30)24(17)23)16-6-4-5-7-18(16)28/h4-9,12,15,23,26,28-29H,3,10-11H2,1-2H3. The second kappa shape index (κ2) is 7.75. The van der Waals surface area contributed by atoms with Crippen LogP contribution >= 0.6 is 0 Å². The van der Waals surface area contributed by atoms with Crippen molar-refractivity contribution in [1.29, 1.82) is 0 Å². The molecule has 164 valence electrons. The number of ether oxygens (including phenoxy) is 1. The van der Waals surface area contributed by atoms with Crippen LogP contribution in [0.3, 0.4) is 0 Å². The number of hydrogen-bond acceptors (Lipinski definition) is 7. The number of carbonyl (C=O) groups excluding carboxylic acids is 1. The molecule has 2 aromatic carbocycles. The number of nitrogens with one attached hydrogen (secondary N) is 1. The highest BCUT2D eigenvalue weighted by atomic mass is 16.5. The molecule has 1 aliphatic carbocycles. The first-order valence-corrected chi connectivity index (χ1v) is 10.7. The van der Waals surface area contributed by atoms with Gasteiger partial charge in [0, 0.05) is 29.5 Å². The van der Waals surface area contributed by atoms with Gasteiger partial charge in [-0.05, 0) is 49.6 Å². The quantitative estimate of drug-likeness (QED) is 0.546. The zero-order chi connectivity index (χ0) is 22.4. The lowest BCUT2D eigenvalue weighted by molar-refractivity contribution is -0.116. The van der Waals surface area contributed by atoms with E-state index in [1.807, 2.05) is 26.0 Å². The number of para-hydroxylation sites is 1. The molecule has 1 aliphatic heterocycles. The number of Topliss-reactive ketones (excluding diaryl/α,β-unsaturated/α-hetero) is 1. The van der Waals surface area contributed by atoms with E-state index in [0.717, 1.165) is 22.4 Å². The van der Waals surface area contributed by atoms with E-state index in [0.29, 0.717) is 42.3 Å². The van der Waals surface area contributed by atoms with Crippen LogP contribution in [-0.4, -0.2) is 27.8 Å². The summed E-state index contributed by atoms with van der Waals surface area (Å²) < 4.78 is 11.1. The molecule has 2 aliphatic rings. The number of rotatable bonds is 4. The van der Waals surface area contributed by atoms with Crippen LogP contribution < -0.4 is 10.1 Å². The molecule has 0 saturated carbocycles. The van der Waals surface area contributed by atoms with Crippen molar-refractivity contribution in [3.63, 3.8) is 0 Å². The van der Waals surface area contributed by atoms with Gasteiger partial charge in [0.2, 0.25) is 5.88 Å². The van der Waals surface area contributed by atoms with Crippen LogP contribution in [0.1, 0.15) is 54.0 Å². The van der Waals surface area contributed by atoms with Crippen LogP contribution in [0.25, 0.3) is 0 Å². The minimum Gasteiger partial charge on any atom is -0.508 e. The number of anilines is 1. The second-order valence-electron chi connectivity index (χ2n) is 8.21. The van der Waals surface area contributed by atoms with Crippen molar-refractivity contribution in [2.45, 2.75) is 38.5 Å². The number of ketones is 1. The normalized spacial score (nSPS) is 19.9. The highest BCUT2D eigenvalue weighted by molar-refractivity contribution is 6.01. The number of carbonyl (C=O) groups is 1. The van der Waals surface area contributed by atoms with Gasteiger partial charge in [0.15, 0.2) is 17.3 Å². The maximum absolute atomic E-state index is 13.5. The number of aromatic hydroxyl groups is 2. The van der Waals surface area contributed by atoms with Gasteiger partial charge in [0.1, 0.15) is 5.75 Å². The van der Waals surface area contributed by atoms with Gasteiger partial charge in [0.05, 0.1) is 17.9 Å². The lowest BCUT2D eigenvalue weighted by Crippen LogP contribution is -2.29. The Morgan fingerprint density at radius 1 is 1.16 bits per heavy atom. The molecule has 0 spiro atoms. The fourth-order valence-electron chi connectivity index (χ4n) is 4.84. The number of aryl methyl sites for hydroxylation is 1. The van der Waals surface area contributed by atoms with Crippen molar-refractivity contribution in [2.24, 2.45) is 0 Å². The molecule has 3 aromatic rings. The van der Waals surface area contributed by atoms with Crippen LogP contribution in [0.5, 0.6) is 17.2 Å². The Labute approximate surface area is 185 Å². The topological polar surface area (TPSA) is 105 Å². The SMILES string of the molecule is CCOc1cc(C2C3=C(CC(c4ccccc4O)CC3=O)Nc3onc(C)c32)ccc1O. The van der Waals surface area contributed by atoms with Gasteiger partial charge >= 0.3 is 0 Å². The molecular formula is C25H24N2O5. The van der Waals surface area contributed by atoms with Crippen LogP contribution in [-0.2, 0) is 4.79 Å². The number of aromatic nitrogens is 1. The number of allylic oxidation sites excluding steroid dienone is 2. The van der Waals surface area contributed by atoms with E-state index in [1.54, 1.807) is 30.3 Å². The highest BCUT2D eigenvalue weighted by Gasteiger charge is 2.41. The number of fused-ring (bicyclic) bond motifs is 1. The third kappa shape index (κ3) is 3.21. The monoisotopic (exact) mass is 432 g/mol. The summed E-state index contributed by atoms with van der Waals surface area (Å²) in [6.07, 6.45) is 0.857. The average Bonchev–Trinajstić information content (AvgIpc) is 3.14. The summed E-state index contributed by atoms with van der Waals surface area (Å²) in [5.74, 6) is 0.618. The summed E-state index contributed by atoms with van der Waals surface area (Å²) in [6, 6.07) is 12.3. The summed E-state index contributed by atoms with van der Waals surface area (Å²) in [5, 5.41) is 27.9. The highest BCUT2D eigenvalue weighted by Crippen LogP contribution is 2.50. The molecular weight excluding hydrogens is 408 g/mol. The number of phenolic OH excluding ortho intramolecular Hbond substituents is 2. The summed E-state index contributed by atoms with van der Waals surface area (Å²) in [6.45, 7) is 4.11. The number of benzene rings is 2. The predicted molar refractivity (Wildman–Crippen MR) is 118 cm³/mol. The van der Waals surface area contributed by atoms with Crippen molar-refractivity contribution in [1.82, 2.24) is 5.16 Å². The Morgan fingerprint density at radius 3 is 2.75 bits per heavy atom. The second-order valence-corrected chi connectivity index (χ2v) is 8.21. The first kappa shape index (κ1) is 20.2. The summed E-state index contributed by atoms with van der Waals surface area (Å²) in [7, 11) is 0. The zero-order valence-electron chi connectivity index (χ0n) is 17.9. The third-order valence-corrected chi connectivity index (χ3v) is 6.25. The van der Waals surface area contributed by atoms with Gasteiger partial charge in [-0.1, -0.05) is 29.4 Å². The molecule has 2 atom stereocenters. The van der Waals surface area contributed by atoms with Crippen LogP contribution in [0, 0.1) is 6.92 Å². The number of hydrogen-bond donors (Lipinski definition) is 3. The van der Waals surface area contributed by atoms with E-state index in [1.165, 1.54) is 0 Å². The maximum atomic E-state index is 13.5. The molecule has 2 heterocycles. The Hall–Kier alpha value is -3.74. The number of nitrogens with zero attached hydrogens (tertiary/aromatic N) is 1. The molecule has 32 heavy (non-hydrogen) atoms. The van der Waals surface area contributed by atoms with Crippen molar-refractivity contribution in [3.05, 3.63) is 76.1 Å². The fraction of sp³-hybridized carbons (Fsp3) is 0.280. The Bertz CT molecular complexity index is 1240. The largest absolute Gasteiger partial charge is 0.508 e. The van der Waals surface area contributed by atoms with Crippen LogP contribution in [0.15, 0.2) is 58.3 Å². The molecule has 0 bridgehead atoms. The third-order valence-electron chi connectivity index (χ3n) is 6.25. The van der Waals surface area contributed by atoms with Gasteiger partial charge in [-0.3, -0.25) is 4.79 Å². The van der Waals surface area contributed by atoms with Gasteiger partial charge in [0.25, 0.3) is 0 Å². The summed E-state index contributed by atoms with van der Waals surface area (Å²) >= 11 is 0. The predicted octanol–water partition coefficient (Wildman–Crippen LogP) is 4.75. The van der Waals surface area contributed by atoms with Gasteiger partial charge in [-0.15, -0.1) is 0 Å². The Kier molecular flexibility index (Phi) is 4.89. The first-order chi connectivity index (χ1) is 15.5. The minimum absolute atomic E-state index is 0.00860. The number of phenols is 2. The lowest BCUT2D eigenvalue weighted by atomic mass is 9.72. The molecule has 0 saturated heterocycles. The summed E-state index contributed by atoms with van der Waals surface area (Å²) in [4.78, 5) is 13.5. The fourth-order valence-corrected chi connectivity index (χ4v) is 4.84. The molecule has 5 rings (SSSR count). The molecule has 7 nitrogen and oxygen atoms in total. The molecule has 2 unspecified atom stereocenters. The van der Waals surface area contributed by atoms with E-state index in [-0.39, 0.29) is 29.1 Å². The van der Waals surface area contributed by atoms with Crippen LogP contribution in [0.4, 0.5) is 5.88 Å². The maximum Gasteiger partial charge on any atom is 0.233 e. The van der Waals surface area contributed by atoms with Gasteiger partial charge in [-0.2, -0.15) is 0 Å². The Morgan fingerprint density at radius 2 is 1.97 bits per heavy atom. The Balaban J connectivity index is 1.63. The summed E-state index contributed by atoms with van der Waals surface area (Å²) in [5.41, 5.74) is 4.53. The van der Waals surface area contributed by atoms with Gasteiger partial charge < -0.3 is 24.8 Å². The van der Waals surface area contributed by atoms with E-state index in [2.05, 4.69) is 10.5 Å². The van der Waals surface area contributed by atoms with E-state index < -0.39 is 0 Å². The van der Waals surface area contributed by atoms with E-state index >= 15 is 0 Å². The zero-order valence-corrected chi connectivity index (χ0v) is 17.9. The molecule has 0 amide bonds. The van der Waals surface area contributed by atoms with Crippen molar-refractivity contribution in [3.8, 4) is 17.2 Å². The lowest BCUT2D eigenvalue weighted by Gasteiger charge is -2.34. The van der Waals surface area contributed by atoms with Crippen molar-refractivity contribution in [2.75, 3.05) is 11.9 Å². The van der Waals surface area contributed by atoms with Crippen LogP contribution in [0.2, 0.25) is 0 Å². The smallest absolute Gasteiger partial charge is 0.233 e.